The number of rotatable bonds is 9. The molecule has 1 aliphatic rings. The van der Waals surface area contributed by atoms with Gasteiger partial charge in [0.25, 0.3) is 0 Å². The summed E-state index contributed by atoms with van der Waals surface area (Å²) in [6.07, 6.45) is 0.855. The van der Waals surface area contributed by atoms with Crippen LogP contribution in [0.2, 0.25) is 0 Å². The van der Waals surface area contributed by atoms with Crippen molar-refractivity contribution in [3.05, 3.63) is 77.9 Å². The average molecular weight is 510 g/mol. The van der Waals surface area contributed by atoms with Gasteiger partial charge in [-0.25, -0.2) is 8.42 Å². The third kappa shape index (κ3) is 5.84. The summed E-state index contributed by atoms with van der Waals surface area (Å²) in [4.78, 5) is 25.0. The number of hydrogen-bond acceptors (Lipinski definition) is 6. The van der Waals surface area contributed by atoms with E-state index >= 15 is 0 Å². The predicted octanol–water partition coefficient (Wildman–Crippen LogP) is 3.12. The van der Waals surface area contributed by atoms with Crippen molar-refractivity contribution < 1.29 is 27.5 Å². The average Bonchev–Trinajstić information content (AvgIpc) is 2.88. The van der Waals surface area contributed by atoms with E-state index in [4.69, 9.17) is 9.47 Å². The van der Waals surface area contributed by atoms with E-state index < -0.39 is 22.0 Å². The number of sulfonamides is 1. The van der Waals surface area contributed by atoms with Crippen LogP contribution in [0, 0.1) is 0 Å². The van der Waals surface area contributed by atoms with E-state index in [2.05, 4.69) is 15.4 Å². The Bertz CT molecular complexity index is 1380. The summed E-state index contributed by atoms with van der Waals surface area (Å²) in [5, 5.41) is 5.51. The Labute approximate surface area is 209 Å². The molecule has 0 saturated heterocycles. The van der Waals surface area contributed by atoms with E-state index in [1.54, 1.807) is 24.3 Å². The summed E-state index contributed by atoms with van der Waals surface area (Å²) >= 11 is 0. The van der Waals surface area contributed by atoms with Crippen LogP contribution in [0.4, 0.5) is 11.4 Å². The van der Waals surface area contributed by atoms with E-state index in [1.807, 2.05) is 30.3 Å². The molecule has 10 heteroatoms. The molecule has 0 fully saturated rings. The number of carbonyl (C=O) groups excluding carboxylic acids is 2. The highest BCUT2D eigenvalue weighted by Gasteiger charge is 2.28. The number of fused-ring (bicyclic) bond motifs is 1. The van der Waals surface area contributed by atoms with Crippen LogP contribution in [-0.4, -0.2) is 40.5 Å². The Kier molecular flexibility index (Phi) is 7.56. The van der Waals surface area contributed by atoms with Gasteiger partial charge in [-0.3, -0.25) is 9.59 Å². The largest absolute Gasteiger partial charge is 0.497 e. The van der Waals surface area contributed by atoms with Crippen LogP contribution in [0.5, 0.6) is 11.5 Å². The number of aryl methyl sites for hydroxylation is 1. The second-order valence-electron chi connectivity index (χ2n) is 8.29. The van der Waals surface area contributed by atoms with Crippen molar-refractivity contribution in [1.29, 1.82) is 0 Å². The van der Waals surface area contributed by atoms with Crippen LogP contribution in [0.25, 0.3) is 0 Å². The molecule has 0 saturated carbocycles. The summed E-state index contributed by atoms with van der Waals surface area (Å²) in [6, 6.07) is 17.4. The van der Waals surface area contributed by atoms with Gasteiger partial charge in [0.15, 0.2) is 0 Å². The van der Waals surface area contributed by atoms with Gasteiger partial charge in [-0.1, -0.05) is 30.3 Å². The van der Waals surface area contributed by atoms with Gasteiger partial charge in [-0.05, 0) is 54.3 Å². The Morgan fingerprint density at radius 1 is 1.00 bits per heavy atom. The molecule has 0 unspecified atom stereocenters. The molecule has 3 aromatic carbocycles. The number of benzene rings is 3. The lowest BCUT2D eigenvalue weighted by atomic mass is 10.0. The molecule has 0 radical (unpaired) electrons. The van der Waals surface area contributed by atoms with Gasteiger partial charge in [0.1, 0.15) is 17.5 Å². The fourth-order valence-electron chi connectivity index (χ4n) is 3.94. The first-order valence-electron chi connectivity index (χ1n) is 11.3. The Hall–Kier alpha value is -3.89. The monoisotopic (exact) mass is 509 g/mol. The zero-order chi connectivity index (χ0) is 25.7. The van der Waals surface area contributed by atoms with Crippen LogP contribution in [-0.2, 0) is 32.5 Å². The molecule has 0 aliphatic carbocycles. The molecule has 2 amide bonds. The summed E-state index contributed by atoms with van der Waals surface area (Å²) in [7, 11) is -1.08. The van der Waals surface area contributed by atoms with E-state index in [0.717, 1.165) is 11.1 Å². The predicted molar refractivity (Wildman–Crippen MR) is 136 cm³/mol. The molecule has 0 bridgehead atoms. The SMILES string of the molecule is COc1ccc(NC(=O)[C@H](Cc2ccccc2)NS(=O)(=O)c2ccc3c(c2)CCC(=O)N3)c(OC)c1. The molecule has 9 nitrogen and oxygen atoms in total. The topological polar surface area (TPSA) is 123 Å². The maximum atomic E-state index is 13.3. The van der Waals surface area contributed by atoms with E-state index in [9.17, 15) is 18.0 Å². The van der Waals surface area contributed by atoms with Gasteiger partial charge in [0, 0.05) is 18.2 Å². The van der Waals surface area contributed by atoms with Gasteiger partial charge in [-0.15, -0.1) is 0 Å². The first-order chi connectivity index (χ1) is 17.3. The molecule has 1 heterocycles. The molecular weight excluding hydrogens is 482 g/mol. The lowest BCUT2D eigenvalue weighted by molar-refractivity contribution is -0.118. The maximum absolute atomic E-state index is 13.3. The molecule has 1 atom stereocenters. The van der Waals surface area contributed by atoms with Crippen LogP contribution in [0.3, 0.4) is 0 Å². The smallest absolute Gasteiger partial charge is 0.243 e. The van der Waals surface area contributed by atoms with Gasteiger partial charge >= 0.3 is 0 Å². The number of amides is 2. The zero-order valence-electron chi connectivity index (χ0n) is 19.9. The normalized spacial score (nSPS) is 13.8. The summed E-state index contributed by atoms with van der Waals surface area (Å²) < 4.78 is 39.8. The zero-order valence-corrected chi connectivity index (χ0v) is 20.7. The van der Waals surface area contributed by atoms with Crippen molar-refractivity contribution in [1.82, 2.24) is 4.72 Å². The van der Waals surface area contributed by atoms with Gasteiger partial charge in [0.2, 0.25) is 21.8 Å². The van der Waals surface area contributed by atoms with Crippen molar-refractivity contribution in [2.45, 2.75) is 30.2 Å². The number of methoxy groups -OCH3 is 2. The van der Waals surface area contributed by atoms with Crippen LogP contribution in [0.1, 0.15) is 17.5 Å². The minimum atomic E-state index is -4.07. The minimum Gasteiger partial charge on any atom is -0.497 e. The molecule has 1 aliphatic heterocycles. The summed E-state index contributed by atoms with van der Waals surface area (Å²) in [5.74, 6) is 0.275. The first kappa shape index (κ1) is 25.2. The number of ether oxygens (including phenoxy) is 2. The summed E-state index contributed by atoms with van der Waals surface area (Å²) in [6.45, 7) is 0. The lowest BCUT2D eigenvalue weighted by Crippen LogP contribution is -2.45. The standard InChI is InChI=1S/C26H27N3O6S/c1-34-19-9-11-22(24(16-19)35-2)28-26(31)23(14-17-6-4-3-5-7-17)29-36(32,33)20-10-12-21-18(15-20)8-13-25(30)27-21/h3-7,9-12,15-16,23,29H,8,13-14H2,1-2H3,(H,27,30)(H,28,31)/t23-/m0/s1. The number of carbonyl (C=O) groups is 2. The van der Waals surface area contributed by atoms with E-state index in [-0.39, 0.29) is 23.6 Å². The van der Waals surface area contributed by atoms with Crippen molar-refractivity contribution in [3.63, 3.8) is 0 Å². The Balaban J connectivity index is 1.61. The number of hydrogen-bond donors (Lipinski definition) is 3. The molecule has 3 N–H and O–H groups in total. The Morgan fingerprint density at radius 3 is 2.50 bits per heavy atom. The fraction of sp³-hybridized carbons (Fsp3) is 0.231. The first-order valence-corrected chi connectivity index (χ1v) is 12.8. The van der Waals surface area contributed by atoms with Gasteiger partial charge in [-0.2, -0.15) is 4.72 Å². The molecular formula is C26H27N3O6S. The third-order valence-corrected chi connectivity index (χ3v) is 7.31. The van der Waals surface area contributed by atoms with Gasteiger partial charge < -0.3 is 20.1 Å². The molecule has 3 aromatic rings. The van der Waals surface area contributed by atoms with Crippen LogP contribution in [0.15, 0.2) is 71.6 Å². The van der Waals surface area contributed by atoms with Crippen LogP contribution >= 0.6 is 0 Å². The van der Waals surface area contributed by atoms with Crippen LogP contribution < -0.4 is 24.8 Å². The highest BCUT2D eigenvalue weighted by atomic mass is 32.2. The van der Waals surface area contributed by atoms with Crippen molar-refractivity contribution in [2.24, 2.45) is 0 Å². The van der Waals surface area contributed by atoms with E-state index in [0.29, 0.717) is 29.3 Å². The Morgan fingerprint density at radius 2 is 1.78 bits per heavy atom. The highest BCUT2D eigenvalue weighted by molar-refractivity contribution is 7.89. The van der Waals surface area contributed by atoms with Gasteiger partial charge in [0.05, 0.1) is 24.8 Å². The second-order valence-corrected chi connectivity index (χ2v) is 10.0. The molecule has 36 heavy (non-hydrogen) atoms. The maximum Gasteiger partial charge on any atom is 0.243 e. The molecule has 0 aromatic heterocycles. The quantitative estimate of drug-likeness (QED) is 0.407. The molecule has 4 rings (SSSR count). The number of anilines is 2. The van der Waals surface area contributed by atoms with E-state index in [1.165, 1.54) is 26.4 Å². The van der Waals surface area contributed by atoms with Crippen molar-refractivity contribution >= 4 is 33.2 Å². The van der Waals surface area contributed by atoms with Crippen molar-refractivity contribution in [2.75, 3.05) is 24.9 Å². The minimum absolute atomic E-state index is 0.0188. The second kappa shape index (κ2) is 10.8. The third-order valence-electron chi connectivity index (χ3n) is 5.85. The lowest BCUT2D eigenvalue weighted by Gasteiger charge is -2.21. The fourth-order valence-corrected chi connectivity index (χ4v) is 5.19. The summed E-state index contributed by atoms with van der Waals surface area (Å²) in [5.41, 5.74) is 2.49. The molecule has 188 valence electrons. The highest BCUT2D eigenvalue weighted by Crippen LogP contribution is 2.30. The molecule has 0 spiro atoms. The van der Waals surface area contributed by atoms with Crippen molar-refractivity contribution in [3.8, 4) is 11.5 Å². The number of nitrogens with one attached hydrogen (secondary N) is 3.